The summed E-state index contributed by atoms with van der Waals surface area (Å²) in [7, 11) is 0. The number of carboxylic acids is 1. The fraction of sp³-hybridized carbons (Fsp3) is 0. The number of aromatic carboxylic acids is 1. The molecule has 2 aromatic rings. The van der Waals surface area contributed by atoms with Crippen LogP contribution in [0.15, 0.2) is 36.5 Å². The van der Waals surface area contributed by atoms with Crippen molar-refractivity contribution in [1.29, 1.82) is 0 Å². The molecule has 0 atom stereocenters. The second-order valence-electron chi connectivity index (χ2n) is 3.21. The highest BCUT2D eigenvalue weighted by Crippen LogP contribution is 2.18. The lowest BCUT2D eigenvalue weighted by Gasteiger charge is -2.05. The summed E-state index contributed by atoms with van der Waals surface area (Å²) in [6, 6.07) is 8.62. The van der Waals surface area contributed by atoms with Crippen LogP contribution in [0.25, 0.3) is 0 Å². The third-order valence-corrected chi connectivity index (χ3v) is 2.18. The van der Waals surface area contributed by atoms with Crippen molar-refractivity contribution in [3.05, 3.63) is 47.4 Å². The number of hydrogen-bond acceptors (Lipinski definition) is 4. The summed E-state index contributed by atoms with van der Waals surface area (Å²) in [5, 5.41) is 12.3. The Morgan fingerprint density at radius 1 is 1.35 bits per heavy atom. The first kappa shape index (κ1) is 11.3. The third kappa shape index (κ3) is 2.92. The van der Waals surface area contributed by atoms with Gasteiger partial charge >= 0.3 is 5.97 Å². The molecular formula is C11H8ClN3O2. The van der Waals surface area contributed by atoms with Gasteiger partial charge in [-0.1, -0.05) is 17.7 Å². The maximum atomic E-state index is 10.7. The Balaban J connectivity index is 2.24. The van der Waals surface area contributed by atoms with Crippen LogP contribution in [0, 0.1) is 0 Å². The molecule has 0 amide bonds. The normalized spacial score (nSPS) is 9.94. The number of anilines is 2. The molecule has 0 saturated heterocycles. The van der Waals surface area contributed by atoms with E-state index in [0.717, 1.165) is 5.69 Å². The smallest absolute Gasteiger partial charge is 0.374 e. The maximum absolute atomic E-state index is 10.7. The summed E-state index contributed by atoms with van der Waals surface area (Å²) in [6.45, 7) is 0. The van der Waals surface area contributed by atoms with Gasteiger partial charge in [0, 0.05) is 16.9 Å². The summed E-state index contributed by atoms with van der Waals surface area (Å²) < 4.78 is 0. The van der Waals surface area contributed by atoms with Crippen molar-refractivity contribution < 1.29 is 9.90 Å². The molecule has 5 nitrogen and oxygen atoms in total. The lowest BCUT2D eigenvalue weighted by Crippen LogP contribution is -2.05. The Morgan fingerprint density at radius 2 is 2.18 bits per heavy atom. The number of rotatable bonds is 3. The molecule has 6 heteroatoms. The Morgan fingerprint density at radius 3 is 2.88 bits per heavy atom. The van der Waals surface area contributed by atoms with Crippen LogP contribution in [-0.2, 0) is 0 Å². The molecule has 0 radical (unpaired) electrons. The molecule has 0 saturated carbocycles. The molecule has 0 fully saturated rings. The lowest BCUT2D eigenvalue weighted by atomic mass is 10.3. The Kier molecular flexibility index (Phi) is 3.20. The molecule has 1 aromatic carbocycles. The van der Waals surface area contributed by atoms with Gasteiger partial charge in [0.1, 0.15) is 5.82 Å². The van der Waals surface area contributed by atoms with Gasteiger partial charge in [0.05, 0.1) is 0 Å². The van der Waals surface area contributed by atoms with E-state index in [1.165, 1.54) is 6.20 Å². The van der Waals surface area contributed by atoms with Crippen molar-refractivity contribution in [3.8, 4) is 0 Å². The molecule has 17 heavy (non-hydrogen) atoms. The van der Waals surface area contributed by atoms with Crippen LogP contribution in [0.1, 0.15) is 10.6 Å². The standard InChI is InChI=1S/C11H8ClN3O2/c12-7-2-1-3-8(6-7)14-9-4-5-13-10(15-9)11(16)17/h1-6H,(H,16,17)(H,13,14,15). The Bertz CT molecular complexity index is 560. The minimum atomic E-state index is -1.17. The van der Waals surface area contributed by atoms with E-state index in [2.05, 4.69) is 15.3 Å². The second-order valence-corrected chi connectivity index (χ2v) is 3.64. The van der Waals surface area contributed by atoms with Crippen molar-refractivity contribution in [1.82, 2.24) is 9.97 Å². The van der Waals surface area contributed by atoms with Crippen LogP contribution >= 0.6 is 11.6 Å². The van der Waals surface area contributed by atoms with E-state index < -0.39 is 5.97 Å². The van der Waals surface area contributed by atoms with Crippen LogP contribution < -0.4 is 5.32 Å². The summed E-state index contributed by atoms with van der Waals surface area (Å²) in [5.41, 5.74) is 0.729. The first-order chi connectivity index (χ1) is 8.15. The molecule has 0 spiro atoms. The summed E-state index contributed by atoms with van der Waals surface area (Å²) in [4.78, 5) is 18.1. The first-order valence-corrected chi connectivity index (χ1v) is 5.12. The Hall–Kier alpha value is -2.14. The molecule has 2 N–H and O–H groups in total. The van der Waals surface area contributed by atoms with Crippen LogP contribution in [0.3, 0.4) is 0 Å². The van der Waals surface area contributed by atoms with E-state index in [-0.39, 0.29) is 5.82 Å². The highest BCUT2D eigenvalue weighted by atomic mass is 35.5. The number of hydrogen-bond donors (Lipinski definition) is 2. The van der Waals surface area contributed by atoms with Gasteiger partial charge in [0.15, 0.2) is 0 Å². The third-order valence-electron chi connectivity index (χ3n) is 1.94. The number of carboxylic acid groups (broad SMARTS) is 1. The average molecular weight is 250 g/mol. The van der Waals surface area contributed by atoms with E-state index in [4.69, 9.17) is 16.7 Å². The minimum absolute atomic E-state index is 0.253. The zero-order valence-electron chi connectivity index (χ0n) is 8.59. The number of aromatic nitrogens is 2. The molecule has 2 rings (SSSR count). The van der Waals surface area contributed by atoms with Crippen molar-refractivity contribution in [2.75, 3.05) is 5.32 Å². The summed E-state index contributed by atoms with van der Waals surface area (Å²) >= 11 is 5.83. The van der Waals surface area contributed by atoms with Gasteiger partial charge in [-0.05, 0) is 24.3 Å². The zero-order valence-corrected chi connectivity index (χ0v) is 9.35. The van der Waals surface area contributed by atoms with Crippen molar-refractivity contribution in [2.24, 2.45) is 0 Å². The maximum Gasteiger partial charge on any atom is 0.374 e. The van der Waals surface area contributed by atoms with Gasteiger partial charge in [-0.3, -0.25) is 0 Å². The van der Waals surface area contributed by atoms with E-state index in [9.17, 15) is 4.79 Å². The van der Waals surface area contributed by atoms with Gasteiger partial charge in [0.2, 0.25) is 5.82 Å². The van der Waals surface area contributed by atoms with E-state index >= 15 is 0 Å². The van der Waals surface area contributed by atoms with Crippen molar-refractivity contribution in [2.45, 2.75) is 0 Å². The van der Waals surface area contributed by atoms with Gasteiger partial charge in [-0.15, -0.1) is 0 Å². The molecule has 0 aliphatic heterocycles. The number of nitrogens with zero attached hydrogens (tertiary/aromatic N) is 2. The highest BCUT2D eigenvalue weighted by molar-refractivity contribution is 6.30. The van der Waals surface area contributed by atoms with Gasteiger partial charge in [-0.2, -0.15) is 0 Å². The molecule has 0 aliphatic carbocycles. The predicted molar refractivity (Wildman–Crippen MR) is 63.7 cm³/mol. The monoisotopic (exact) mass is 249 g/mol. The molecule has 1 aromatic heterocycles. The summed E-state index contributed by atoms with van der Waals surface area (Å²) in [5.74, 6) is -1.02. The zero-order chi connectivity index (χ0) is 12.3. The highest BCUT2D eigenvalue weighted by Gasteiger charge is 2.06. The van der Waals surface area contributed by atoms with Gasteiger partial charge < -0.3 is 10.4 Å². The number of benzene rings is 1. The van der Waals surface area contributed by atoms with Gasteiger partial charge in [0.25, 0.3) is 0 Å². The molecular weight excluding hydrogens is 242 g/mol. The van der Waals surface area contributed by atoms with Crippen LogP contribution in [0.5, 0.6) is 0 Å². The molecule has 0 aliphatic rings. The predicted octanol–water partition coefficient (Wildman–Crippen LogP) is 2.57. The molecule has 1 heterocycles. The first-order valence-electron chi connectivity index (χ1n) is 4.74. The van der Waals surface area contributed by atoms with Crippen molar-refractivity contribution in [3.63, 3.8) is 0 Å². The van der Waals surface area contributed by atoms with Crippen LogP contribution in [-0.4, -0.2) is 21.0 Å². The van der Waals surface area contributed by atoms with E-state index in [0.29, 0.717) is 10.8 Å². The quantitative estimate of drug-likeness (QED) is 0.874. The van der Waals surface area contributed by atoms with Crippen LogP contribution in [0.2, 0.25) is 5.02 Å². The van der Waals surface area contributed by atoms with Crippen LogP contribution in [0.4, 0.5) is 11.5 Å². The average Bonchev–Trinajstić information content (AvgIpc) is 2.29. The molecule has 0 unspecified atom stereocenters. The number of nitrogens with one attached hydrogen (secondary N) is 1. The van der Waals surface area contributed by atoms with E-state index in [1.54, 1.807) is 30.3 Å². The fourth-order valence-electron chi connectivity index (χ4n) is 1.25. The molecule has 0 bridgehead atoms. The van der Waals surface area contributed by atoms with Gasteiger partial charge in [-0.25, -0.2) is 14.8 Å². The fourth-order valence-corrected chi connectivity index (χ4v) is 1.44. The minimum Gasteiger partial charge on any atom is -0.475 e. The molecule has 86 valence electrons. The Labute approximate surface area is 102 Å². The summed E-state index contributed by atoms with van der Waals surface area (Å²) in [6.07, 6.45) is 1.38. The SMILES string of the molecule is O=C(O)c1nccc(Nc2cccc(Cl)c2)n1. The van der Waals surface area contributed by atoms with Crippen molar-refractivity contribution >= 4 is 29.1 Å². The number of halogens is 1. The lowest BCUT2D eigenvalue weighted by molar-refractivity contribution is 0.0683. The number of carbonyl (C=O) groups is 1. The second kappa shape index (κ2) is 4.80. The topological polar surface area (TPSA) is 75.1 Å². The largest absolute Gasteiger partial charge is 0.475 e. The van der Waals surface area contributed by atoms with E-state index in [1.807, 2.05) is 0 Å².